The van der Waals surface area contributed by atoms with Crippen molar-refractivity contribution >= 4 is 24.2 Å². The fourth-order valence-corrected chi connectivity index (χ4v) is 2.11. The summed E-state index contributed by atoms with van der Waals surface area (Å²) in [5, 5.41) is 2.53. The highest BCUT2D eigenvalue weighted by Crippen LogP contribution is 2.21. The van der Waals surface area contributed by atoms with Crippen LogP contribution >= 0.6 is 12.4 Å². The highest BCUT2D eigenvalue weighted by molar-refractivity contribution is 5.85. The monoisotopic (exact) mass is 263 g/mol. The molecule has 0 radical (unpaired) electrons. The van der Waals surface area contributed by atoms with E-state index in [2.05, 4.69) is 12.2 Å². The van der Waals surface area contributed by atoms with E-state index >= 15 is 0 Å². The molecule has 1 heterocycles. The molecule has 1 aliphatic rings. The van der Waals surface area contributed by atoms with Crippen LogP contribution in [0.25, 0.3) is 0 Å². The van der Waals surface area contributed by atoms with Crippen LogP contribution in [-0.4, -0.2) is 42.4 Å². The molecule has 6 heteroatoms. The van der Waals surface area contributed by atoms with Gasteiger partial charge in [0.25, 0.3) is 0 Å². The number of hydrogen-bond acceptors (Lipinski definition) is 3. The van der Waals surface area contributed by atoms with Gasteiger partial charge in [-0.15, -0.1) is 12.4 Å². The van der Waals surface area contributed by atoms with Crippen molar-refractivity contribution in [1.29, 1.82) is 0 Å². The Hall–Kier alpha value is -0.810. The van der Waals surface area contributed by atoms with E-state index in [-0.39, 0.29) is 36.8 Å². The second-order valence-electron chi connectivity index (χ2n) is 4.52. The Labute approximate surface area is 109 Å². The molecule has 0 aliphatic carbocycles. The topological polar surface area (TPSA) is 75.4 Å². The van der Waals surface area contributed by atoms with Crippen LogP contribution in [0.1, 0.15) is 26.7 Å². The molecule has 2 atom stereocenters. The molecule has 1 fully saturated rings. The minimum Gasteiger partial charge on any atom is -0.347 e. The number of amides is 2. The summed E-state index contributed by atoms with van der Waals surface area (Å²) in [5.41, 5.74) is 5.67. The van der Waals surface area contributed by atoms with Gasteiger partial charge in [-0.1, -0.05) is 6.92 Å². The number of nitrogens with two attached hydrogens (primary N) is 1. The minimum atomic E-state index is -0.178. The number of rotatable bonds is 3. The average Bonchev–Trinajstić information content (AvgIpc) is 2.25. The number of hydrogen-bond donors (Lipinski definition) is 2. The van der Waals surface area contributed by atoms with Gasteiger partial charge in [0.1, 0.15) is 0 Å². The molecule has 17 heavy (non-hydrogen) atoms. The van der Waals surface area contributed by atoms with E-state index in [1.807, 2.05) is 0 Å². The van der Waals surface area contributed by atoms with E-state index < -0.39 is 0 Å². The molecule has 0 spiro atoms. The number of carbonyl (C=O) groups is 2. The summed E-state index contributed by atoms with van der Waals surface area (Å²) in [5.74, 6) is 0.416. The van der Waals surface area contributed by atoms with Crippen molar-refractivity contribution in [2.75, 3.05) is 19.6 Å². The summed E-state index contributed by atoms with van der Waals surface area (Å²) >= 11 is 0. The summed E-state index contributed by atoms with van der Waals surface area (Å²) < 4.78 is 0. The van der Waals surface area contributed by atoms with Gasteiger partial charge < -0.3 is 16.0 Å². The molecule has 1 rings (SSSR count). The van der Waals surface area contributed by atoms with E-state index in [0.29, 0.717) is 12.5 Å². The Kier molecular flexibility index (Phi) is 7.15. The van der Waals surface area contributed by atoms with Gasteiger partial charge in [-0.25, -0.2) is 0 Å². The first-order valence-corrected chi connectivity index (χ1v) is 5.78. The zero-order chi connectivity index (χ0) is 12.1. The van der Waals surface area contributed by atoms with Crippen LogP contribution in [0.3, 0.4) is 0 Å². The SMILES string of the molecule is CC(=O)NCC(=O)N1CCC(C)CC1CN.Cl. The lowest BCUT2D eigenvalue weighted by molar-refractivity contribution is -0.136. The van der Waals surface area contributed by atoms with Crippen molar-refractivity contribution in [3.8, 4) is 0 Å². The second kappa shape index (κ2) is 7.50. The van der Waals surface area contributed by atoms with Crippen molar-refractivity contribution < 1.29 is 9.59 Å². The van der Waals surface area contributed by atoms with Crippen LogP contribution in [-0.2, 0) is 9.59 Å². The number of carbonyl (C=O) groups excluding carboxylic acids is 2. The van der Waals surface area contributed by atoms with E-state index in [1.54, 1.807) is 4.90 Å². The van der Waals surface area contributed by atoms with E-state index in [1.165, 1.54) is 6.92 Å². The number of nitrogens with zero attached hydrogens (tertiary/aromatic N) is 1. The molecular weight excluding hydrogens is 242 g/mol. The van der Waals surface area contributed by atoms with Crippen LogP contribution in [0.2, 0.25) is 0 Å². The number of nitrogens with one attached hydrogen (secondary N) is 1. The molecular formula is C11H22ClN3O2. The molecule has 100 valence electrons. The predicted octanol–water partition coefficient (Wildman–Crippen LogP) is 0.130. The molecule has 1 aliphatic heterocycles. The van der Waals surface area contributed by atoms with Crippen molar-refractivity contribution in [3.05, 3.63) is 0 Å². The average molecular weight is 264 g/mol. The Morgan fingerprint density at radius 1 is 1.47 bits per heavy atom. The van der Waals surface area contributed by atoms with Crippen molar-refractivity contribution in [1.82, 2.24) is 10.2 Å². The molecule has 5 nitrogen and oxygen atoms in total. The first kappa shape index (κ1) is 16.2. The van der Waals surface area contributed by atoms with Gasteiger partial charge in [-0.2, -0.15) is 0 Å². The van der Waals surface area contributed by atoms with Crippen molar-refractivity contribution in [2.45, 2.75) is 32.7 Å². The van der Waals surface area contributed by atoms with Gasteiger partial charge in [0, 0.05) is 26.1 Å². The van der Waals surface area contributed by atoms with Crippen LogP contribution in [0, 0.1) is 5.92 Å². The zero-order valence-corrected chi connectivity index (χ0v) is 11.3. The third kappa shape index (κ3) is 4.91. The van der Waals surface area contributed by atoms with Crippen molar-refractivity contribution in [2.24, 2.45) is 11.7 Å². The minimum absolute atomic E-state index is 0. The van der Waals surface area contributed by atoms with Gasteiger partial charge in [-0.05, 0) is 18.8 Å². The van der Waals surface area contributed by atoms with E-state index in [0.717, 1.165) is 19.4 Å². The molecule has 0 aromatic carbocycles. The Morgan fingerprint density at radius 2 is 2.12 bits per heavy atom. The molecule has 2 amide bonds. The fraction of sp³-hybridized carbons (Fsp3) is 0.818. The Balaban J connectivity index is 0.00000256. The molecule has 3 N–H and O–H groups in total. The van der Waals surface area contributed by atoms with E-state index in [9.17, 15) is 9.59 Å². The van der Waals surface area contributed by atoms with E-state index in [4.69, 9.17) is 5.73 Å². The standard InChI is InChI=1S/C11H21N3O2.ClH/c1-8-3-4-14(10(5-8)6-12)11(16)7-13-9(2)15;/h8,10H,3-7,12H2,1-2H3,(H,13,15);1H. The van der Waals surface area contributed by atoms with Gasteiger partial charge in [-0.3, -0.25) is 9.59 Å². The predicted molar refractivity (Wildman–Crippen MR) is 68.9 cm³/mol. The van der Waals surface area contributed by atoms with Gasteiger partial charge in [0.2, 0.25) is 11.8 Å². The van der Waals surface area contributed by atoms with Crippen LogP contribution in [0.4, 0.5) is 0 Å². The highest BCUT2D eigenvalue weighted by atomic mass is 35.5. The number of halogens is 1. The maximum absolute atomic E-state index is 11.8. The maximum Gasteiger partial charge on any atom is 0.242 e. The lowest BCUT2D eigenvalue weighted by atomic mass is 9.92. The largest absolute Gasteiger partial charge is 0.347 e. The van der Waals surface area contributed by atoms with Gasteiger partial charge in [0.05, 0.1) is 6.54 Å². The molecule has 1 saturated heterocycles. The molecule has 2 unspecified atom stereocenters. The lowest BCUT2D eigenvalue weighted by Crippen LogP contribution is -2.52. The highest BCUT2D eigenvalue weighted by Gasteiger charge is 2.28. The smallest absolute Gasteiger partial charge is 0.242 e. The summed E-state index contributed by atoms with van der Waals surface area (Å²) in [6, 6.07) is 0.130. The first-order valence-electron chi connectivity index (χ1n) is 5.78. The number of likely N-dealkylation sites (tertiary alicyclic amines) is 1. The van der Waals surface area contributed by atoms with Gasteiger partial charge in [0.15, 0.2) is 0 Å². The second-order valence-corrected chi connectivity index (χ2v) is 4.52. The van der Waals surface area contributed by atoms with Crippen LogP contribution in [0.5, 0.6) is 0 Å². The summed E-state index contributed by atoms with van der Waals surface area (Å²) in [6.45, 7) is 4.92. The summed E-state index contributed by atoms with van der Waals surface area (Å²) in [4.78, 5) is 24.4. The van der Waals surface area contributed by atoms with Gasteiger partial charge >= 0.3 is 0 Å². The third-order valence-electron chi connectivity index (χ3n) is 3.06. The Bertz CT molecular complexity index is 273. The first-order chi connectivity index (χ1) is 7.54. The maximum atomic E-state index is 11.8. The molecule has 0 aromatic rings. The molecule has 0 bridgehead atoms. The normalized spacial score (nSPS) is 23.8. The molecule has 0 aromatic heterocycles. The fourth-order valence-electron chi connectivity index (χ4n) is 2.11. The summed E-state index contributed by atoms with van der Waals surface area (Å²) in [6.07, 6.45) is 1.98. The Morgan fingerprint density at radius 3 is 2.65 bits per heavy atom. The summed E-state index contributed by atoms with van der Waals surface area (Å²) in [7, 11) is 0. The third-order valence-corrected chi connectivity index (χ3v) is 3.06. The zero-order valence-electron chi connectivity index (χ0n) is 10.4. The lowest BCUT2D eigenvalue weighted by Gasteiger charge is -2.38. The quantitative estimate of drug-likeness (QED) is 0.760. The van der Waals surface area contributed by atoms with Crippen LogP contribution < -0.4 is 11.1 Å². The van der Waals surface area contributed by atoms with Crippen molar-refractivity contribution in [3.63, 3.8) is 0 Å². The van der Waals surface area contributed by atoms with Crippen LogP contribution in [0.15, 0.2) is 0 Å². The number of piperidine rings is 1. The molecule has 0 saturated carbocycles.